The van der Waals surface area contributed by atoms with Crippen LogP contribution in [0.2, 0.25) is 0 Å². The van der Waals surface area contributed by atoms with E-state index in [1.807, 2.05) is 0 Å². The molecule has 1 aromatic rings. The third-order valence-corrected chi connectivity index (χ3v) is 4.65. The maximum absolute atomic E-state index is 13.8. The Balaban J connectivity index is 0.00000147. The van der Waals surface area contributed by atoms with Crippen molar-refractivity contribution < 1.29 is 9.18 Å². The van der Waals surface area contributed by atoms with Gasteiger partial charge in [0.1, 0.15) is 5.82 Å². The topological polar surface area (TPSA) is 32.3 Å². The molecule has 20 heavy (non-hydrogen) atoms. The summed E-state index contributed by atoms with van der Waals surface area (Å²) in [5, 5.41) is 3.36. The van der Waals surface area contributed by atoms with Crippen molar-refractivity contribution in [2.75, 3.05) is 26.2 Å². The average molecular weight is 364 g/mol. The third-order valence-electron chi connectivity index (χ3n) is 4.15. The van der Waals surface area contributed by atoms with Crippen LogP contribution in [0.3, 0.4) is 0 Å². The SMILES string of the molecule is Cl.O=C(c1ccc(Br)cc1F)N1CCC2CNCC2C1. The first-order valence-electron chi connectivity index (χ1n) is 6.60. The van der Waals surface area contributed by atoms with Gasteiger partial charge in [-0.15, -0.1) is 12.4 Å². The minimum atomic E-state index is -0.453. The second-order valence-electron chi connectivity index (χ2n) is 5.34. The number of hydrogen-bond acceptors (Lipinski definition) is 2. The standard InChI is InChI=1S/C14H16BrFN2O.ClH/c15-11-1-2-12(13(16)5-11)14(19)18-4-3-9-6-17-7-10(9)8-18;/h1-2,5,9-10,17H,3-4,6-8H2;1H. The monoisotopic (exact) mass is 362 g/mol. The number of nitrogens with zero attached hydrogens (tertiary/aromatic N) is 1. The van der Waals surface area contributed by atoms with E-state index < -0.39 is 5.82 Å². The molecule has 2 heterocycles. The number of piperidine rings is 1. The van der Waals surface area contributed by atoms with Crippen molar-refractivity contribution in [1.82, 2.24) is 10.2 Å². The van der Waals surface area contributed by atoms with Crippen molar-refractivity contribution in [3.8, 4) is 0 Å². The van der Waals surface area contributed by atoms with E-state index in [0.29, 0.717) is 16.3 Å². The molecule has 0 spiro atoms. The van der Waals surface area contributed by atoms with Gasteiger partial charge in [-0.3, -0.25) is 4.79 Å². The Bertz CT molecular complexity index is 514. The summed E-state index contributed by atoms with van der Waals surface area (Å²) in [6.45, 7) is 3.50. The Morgan fingerprint density at radius 1 is 1.35 bits per heavy atom. The van der Waals surface area contributed by atoms with E-state index in [4.69, 9.17) is 0 Å². The molecule has 2 aliphatic heterocycles. The zero-order valence-electron chi connectivity index (χ0n) is 10.9. The molecular weight excluding hydrogens is 347 g/mol. The van der Waals surface area contributed by atoms with Crippen LogP contribution >= 0.6 is 28.3 Å². The average Bonchev–Trinajstić information content (AvgIpc) is 2.85. The second kappa shape index (κ2) is 6.41. The zero-order valence-corrected chi connectivity index (χ0v) is 13.3. The highest BCUT2D eigenvalue weighted by molar-refractivity contribution is 9.10. The summed E-state index contributed by atoms with van der Waals surface area (Å²) in [5.74, 6) is 0.566. The Kier molecular flexibility index (Phi) is 5.04. The fourth-order valence-electron chi connectivity index (χ4n) is 3.05. The molecule has 0 aliphatic carbocycles. The van der Waals surface area contributed by atoms with Crippen molar-refractivity contribution in [3.05, 3.63) is 34.1 Å². The summed E-state index contributed by atoms with van der Waals surface area (Å²) < 4.78 is 14.5. The van der Waals surface area contributed by atoms with Gasteiger partial charge < -0.3 is 10.2 Å². The molecule has 0 radical (unpaired) electrons. The van der Waals surface area contributed by atoms with Crippen molar-refractivity contribution in [1.29, 1.82) is 0 Å². The number of hydrogen-bond donors (Lipinski definition) is 1. The highest BCUT2D eigenvalue weighted by Gasteiger charge is 2.35. The summed E-state index contributed by atoms with van der Waals surface area (Å²) in [7, 11) is 0. The molecule has 0 saturated carbocycles. The van der Waals surface area contributed by atoms with E-state index in [-0.39, 0.29) is 23.9 Å². The smallest absolute Gasteiger partial charge is 0.256 e. The number of halogens is 3. The number of rotatable bonds is 1. The maximum Gasteiger partial charge on any atom is 0.256 e. The molecular formula is C14H17BrClFN2O. The number of amides is 1. The van der Waals surface area contributed by atoms with Crippen LogP contribution in [0.1, 0.15) is 16.8 Å². The Morgan fingerprint density at radius 3 is 2.85 bits per heavy atom. The lowest BCUT2D eigenvalue weighted by Crippen LogP contribution is -2.43. The highest BCUT2D eigenvalue weighted by atomic mass is 79.9. The van der Waals surface area contributed by atoms with E-state index >= 15 is 0 Å². The summed E-state index contributed by atoms with van der Waals surface area (Å²) in [4.78, 5) is 14.2. The van der Waals surface area contributed by atoms with Gasteiger partial charge in [-0.05, 0) is 49.5 Å². The van der Waals surface area contributed by atoms with Gasteiger partial charge in [-0.2, -0.15) is 0 Å². The van der Waals surface area contributed by atoms with Gasteiger partial charge in [0, 0.05) is 17.6 Å². The van der Waals surface area contributed by atoms with Gasteiger partial charge in [0.05, 0.1) is 5.56 Å². The molecule has 1 amide bonds. The quantitative estimate of drug-likeness (QED) is 0.832. The molecule has 110 valence electrons. The van der Waals surface area contributed by atoms with Crippen LogP contribution in [0.15, 0.2) is 22.7 Å². The van der Waals surface area contributed by atoms with E-state index in [1.165, 1.54) is 6.07 Å². The number of nitrogens with one attached hydrogen (secondary N) is 1. The van der Waals surface area contributed by atoms with Crippen LogP contribution in [-0.2, 0) is 0 Å². The van der Waals surface area contributed by atoms with Crippen LogP contribution in [0.5, 0.6) is 0 Å². The van der Waals surface area contributed by atoms with Gasteiger partial charge in [0.2, 0.25) is 0 Å². The van der Waals surface area contributed by atoms with E-state index in [9.17, 15) is 9.18 Å². The number of fused-ring (bicyclic) bond motifs is 1. The summed E-state index contributed by atoms with van der Waals surface area (Å²) in [5.41, 5.74) is 0.174. The Hall–Kier alpha value is -0.650. The summed E-state index contributed by atoms with van der Waals surface area (Å²) >= 11 is 3.21. The van der Waals surface area contributed by atoms with Crippen LogP contribution in [-0.4, -0.2) is 37.0 Å². The third kappa shape index (κ3) is 3.00. The van der Waals surface area contributed by atoms with Gasteiger partial charge in [-0.25, -0.2) is 4.39 Å². The minimum Gasteiger partial charge on any atom is -0.338 e. The Morgan fingerprint density at radius 2 is 2.10 bits per heavy atom. The lowest BCUT2D eigenvalue weighted by atomic mass is 9.88. The van der Waals surface area contributed by atoms with Crippen LogP contribution in [0, 0.1) is 17.7 Å². The molecule has 2 unspecified atom stereocenters. The number of likely N-dealkylation sites (tertiary alicyclic amines) is 1. The number of benzene rings is 1. The second-order valence-corrected chi connectivity index (χ2v) is 6.26. The van der Waals surface area contributed by atoms with Crippen LogP contribution < -0.4 is 5.32 Å². The molecule has 3 rings (SSSR count). The molecule has 0 bridgehead atoms. The lowest BCUT2D eigenvalue weighted by Gasteiger charge is -2.34. The number of carbonyl (C=O) groups excluding carboxylic acids is 1. The predicted molar refractivity (Wildman–Crippen MR) is 81.7 cm³/mol. The van der Waals surface area contributed by atoms with E-state index in [2.05, 4.69) is 21.2 Å². The van der Waals surface area contributed by atoms with E-state index in [1.54, 1.807) is 17.0 Å². The van der Waals surface area contributed by atoms with Gasteiger partial charge in [0.25, 0.3) is 5.91 Å². The molecule has 1 N–H and O–H groups in total. The first-order chi connectivity index (χ1) is 9.15. The molecule has 2 fully saturated rings. The van der Waals surface area contributed by atoms with Crippen molar-refractivity contribution in [3.63, 3.8) is 0 Å². The van der Waals surface area contributed by atoms with Crippen LogP contribution in [0.4, 0.5) is 4.39 Å². The molecule has 2 atom stereocenters. The molecule has 0 aromatic heterocycles. The van der Waals surface area contributed by atoms with Gasteiger partial charge >= 0.3 is 0 Å². The summed E-state index contributed by atoms with van der Waals surface area (Å²) in [6, 6.07) is 4.61. The highest BCUT2D eigenvalue weighted by Crippen LogP contribution is 2.28. The van der Waals surface area contributed by atoms with Crippen LogP contribution in [0.25, 0.3) is 0 Å². The van der Waals surface area contributed by atoms with Crippen molar-refractivity contribution >= 4 is 34.2 Å². The molecule has 1 aromatic carbocycles. The normalized spacial score (nSPS) is 25.0. The lowest BCUT2D eigenvalue weighted by molar-refractivity contribution is 0.0638. The minimum absolute atomic E-state index is 0. The molecule has 2 aliphatic rings. The fraction of sp³-hybridized carbons (Fsp3) is 0.500. The van der Waals surface area contributed by atoms with Crippen molar-refractivity contribution in [2.45, 2.75) is 6.42 Å². The largest absolute Gasteiger partial charge is 0.338 e. The fourth-order valence-corrected chi connectivity index (χ4v) is 3.39. The number of carbonyl (C=O) groups is 1. The van der Waals surface area contributed by atoms with Gasteiger partial charge in [-0.1, -0.05) is 15.9 Å². The molecule has 6 heteroatoms. The van der Waals surface area contributed by atoms with Gasteiger partial charge in [0.15, 0.2) is 0 Å². The first kappa shape index (κ1) is 15.7. The maximum atomic E-state index is 13.8. The summed E-state index contributed by atoms with van der Waals surface area (Å²) in [6.07, 6.45) is 1.02. The molecule has 3 nitrogen and oxygen atoms in total. The van der Waals surface area contributed by atoms with E-state index in [0.717, 1.165) is 32.6 Å². The van der Waals surface area contributed by atoms with Crippen molar-refractivity contribution in [2.24, 2.45) is 11.8 Å². The first-order valence-corrected chi connectivity index (χ1v) is 7.39. The predicted octanol–water partition coefficient (Wildman–Crippen LogP) is 2.69. The molecule has 2 saturated heterocycles. The zero-order chi connectivity index (χ0) is 13.4. The Labute approximate surface area is 132 Å².